The molecular formula is C22H21NO8. The van der Waals surface area contributed by atoms with Crippen molar-refractivity contribution in [1.29, 1.82) is 0 Å². The lowest BCUT2D eigenvalue weighted by molar-refractivity contribution is -0.163. The summed E-state index contributed by atoms with van der Waals surface area (Å²) in [6, 6.07) is 13.4. The van der Waals surface area contributed by atoms with Crippen LogP contribution < -0.4 is 16.1 Å². The first kappa shape index (κ1) is 22.0. The summed E-state index contributed by atoms with van der Waals surface area (Å²) in [4.78, 5) is 35.8. The fraction of sp³-hybridized carbons (Fsp3) is 0.227. The molecule has 0 aliphatic carbocycles. The van der Waals surface area contributed by atoms with E-state index in [-0.39, 0.29) is 18.8 Å². The van der Waals surface area contributed by atoms with Gasteiger partial charge in [0, 0.05) is 23.1 Å². The molecule has 3 aromatic rings. The maximum absolute atomic E-state index is 12.4. The van der Waals surface area contributed by atoms with E-state index in [1.807, 2.05) is 6.07 Å². The summed E-state index contributed by atoms with van der Waals surface area (Å²) >= 11 is 0. The van der Waals surface area contributed by atoms with Gasteiger partial charge in [-0.05, 0) is 17.7 Å². The Labute approximate surface area is 176 Å². The third-order valence-electron chi connectivity index (χ3n) is 4.52. The van der Waals surface area contributed by atoms with Crippen LogP contribution in [0.15, 0.2) is 63.8 Å². The van der Waals surface area contributed by atoms with Crippen LogP contribution in [0.5, 0.6) is 5.75 Å². The Morgan fingerprint density at radius 3 is 2.52 bits per heavy atom. The number of aliphatic carboxylic acids is 1. The number of carboxylic acid groups (broad SMARTS) is 1. The summed E-state index contributed by atoms with van der Waals surface area (Å²) in [5.41, 5.74) is 6.53. The number of carboxylic acids is 1. The third kappa shape index (κ3) is 5.47. The second kappa shape index (κ2) is 9.88. The summed E-state index contributed by atoms with van der Waals surface area (Å²) < 4.78 is 20.8. The molecule has 162 valence electrons. The molecular weight excluding hydrogens is 406 g/mol. The molecule has 2 aromatic carbocycles. The smallest absolute Gasteiger partial charge is 0.336 e. The molecule has 0 unspecified atom stereocenters. The molecule has 0 saturated heterocycles. The van der Waals surface area contributed by atoms with E-state index in [1.54, 1.807) is 36.4 Å². The highest BCUT2D eigenvalue weighted by Gasteiger charge is 2.33. The van der Waals surface area contributed by atoms with Crippen LogP contribution in [0.1, 0.15) is 11.1 Å². The van der Waals surface area contributed by atoms with Crippen LogP contribution in [0.3, 0.4) is 0 Å². The number of rotatable bonds is 9. The maximum Gasteiger partial charge on any atom is 0.336 e. The van der Waals surface area contributed by atoms with Gasteiger partial charge in [0.15, 0.2) is 6.10 Å². The highest BCUT2D eigenvalue weighted by molar-refractivity contribution is 5.86. The minimum absolute atomic E-state index is 0.0367. The Morgan fingerprint density at radius 1 is 1.10 bits per heavy atom. The quantitative estimate of drug-likeness (QED) is 0.387. The fourth-order valence-corrected chi connectivity index (χ4v) is 2.91. The van der Waals surface area contributed by atoms with Gasteiger partial charge in [-0.1, -0.05) is 30.3 Å². The van der Waals surface area contributed by atoms with E-state index in [0.29, 0.717) is 16.7 Å². The Bertz CT molecular complexity index is 1130. The predicted molar refractivity (Wildman–Crippen MR) is 109 cm³/mol. The molecule has 0 radical (unpaired) electrons. The Kier molecular flexibility index (Phi) is 7.01. The lowest BCUT2D eigenvalue weighted by Crippen LogP contribution is -2.48. The molecule has 9 heteroatoms. The number of nitrogens with two attached hydrogens (primary N) is 1. The van der Waals surface area contributed by atoms with E-state index in [2.05, 4.69) is 0 Å². The van der Waals surface area contributed by atoms with Crippen molar-refractivity contribution in [1.82, 2.24) is 0 Å². The summed E-state index contributed by atoms with van der Waals surface area (Å²) in [6.07, 6.45) is -1.60. The molecule has 0 aliphatic heterocycles. The van der Waals surface area contributed by atoms with Crippen molar-refractivity contribution >= 4 is 22.9 Å². The van der Waals surface area contributed by atoms with Gasteiger partial charge in [-0.15, -0.1) is 0 Å². The largest absolute Gasteiger partial charge is 0.497 e. The highest BCUT2D eigenvalue weighted by Crippen LogP contribution is 2.23. The molecule has 3 rings (SSSR count). The Hall–Kier alpha value is -3.69. The molecule has 0 spiro atoms. The van der Waals surface area contributed by atoms with Crippen LogP contribution in [-0.2, 0) is 32.3 Å². The second-order valence-electron chi connectivity index (χ2n) is 6.64. The number of fused-ring (bicyclic) bond motifs is 1. The van der Waals surface area contributed by atoms with Crippen LogP contribution >= 0.6 is 0 Å². The maximum atomic E-state index is 12.4. The number of ether oxygens (including phenoxy) is 3. The van der Waals surface area contributed by atoms with E-state index in [4.69, 9.17) is 24.4 Å². The van der Waals surface area contributed by atoms with Crippen molar-refractivity contribution in [2.75, 3.05) is 7.11 Å². The molecule has 0 saturated carbocycles. The first-order valence-corrected chi connectivity index (χ1v) is 9.30. The van der Waals surface area contributed by atoms with Crippen molar-refractivity contribution in [2.45, 2.75) is 25.4 Å². The normalized spacial score (nSPS) is 12.8. The molecule has 9 nitrogen and oxygen atoms in total. The van der Waals surface area contributed by atoms with Crippen molar-refractivity contribution in [3.63, 3.8) is 0 Å². The molecule has 1 aromatic heterocycles. The third-order valence-corrected chi connectivity index (χ3v) is 4.52. The number of carbonyl (C=O) groups excluding carboxylic acids is 1. The van der Waals surface area contributed by atoms with Gasteiger partial charge in [0.1, 0.15) is 24.0 Å². The van der Waals surface area contributed by atoms with Gasteiger partial charge in [-0.3, -0.25) is 4.79 Å². The van der Waals surface area contributed by atoms with Crippen LogP contribution in [0.2, 0.25) is 0 Å². The standard InChI is InChI=1S/C22H21NO8/c1-28-15-7-8-16-14(9-18(24)31-17(16)10-15)12-30-22(27)19(23)20(21(25)26)29-11-13-5-3-2-4-6-13/h2-10,19-20H,11-12,23H2,1H3,(H,25,26)/t19-,20-/m0/s1. The monoisotopic (exact) mass is 427 g/mol. The second-order valence-corrected chi connectivity index (χ2v) is 6.64. The average Bonchev–Trinajstić information content (AvgIpc) is 2.77. The van der Waals surface area contributed by atoms with Crippen LogP contribution in [-0.4, -0.2) is 36.3 Å². The van der Waals surface area contributed by atoms with Gasteiger partial charge in [-0.2, -0.15) is 0 Å². The van der Waals surface area contributed by atoms with E-state index in [1.165, 1.54) is 19.2 Å². The number of hydrogen-bond donors (Lipinski definition) is 2. The highest BCUT2D eigenvalue weighted by atomic mass is 16.5. The van der Waals surface area contributed by atoms with Gasteiger partial charge in [0.25, 0.3) is 0 Å². The van der Waals surface area contributed by atoms with Crippen molar-refractivity contribution in [3.8, 4) is 5.75 Å². The van der Waals surface area contributed by atoms with E-state index in [0.717, 1.165) is 5.56 Å². The number of methoxy groups -OCH3 is 1. The topological polar surface area (TPSA) is 138 Å². The number of esters is 1. The van der Waals surface area contributed by atoms with Crippen LogP contribution in [0.4, 0.5) is 0 Å². The molecule has 0 bridgehead atoms. The molecule has 0 fully saturated rings. The molecule has 1 heterocycles. The number of carbonyl (C=O) groups is 2. The van der Waals surface area contributed by atoms with Crippen molar-refractivity contribution in [3.05, 3.63) is 76.1 Å². The van der Waals surface area contributed by atoms with Crippen LogP contribution in [0, 0.1) is 0 Å². The van der Waals surface area contributed by atoms with Gasteiger partial charge in [0.05, 0.1) is 13.7 Å². The van der Waals surface area contributed by atoms with Crippen molar-refractivity contribution < 1.29 is 33.3 Å². The zero-order chi connectivity index (χ0) is 22.4. The van der Waals surface area contributed by atoms with E-state index in [9.17, 15) is 19.5 Å². The summed E-state index contributed by atoms with van der Waals surface area (Å²) in [6.45, 7) is -0.336. The lowest BCUT2D eigenvalue weighted by atomic mass is 10.1. The van der Waals surface area contributed by atoms with Gasteiger partial charge >= 0.3 is 17.6 Å². The first-order valence-electron chi connectivity index (χ1n) is 9.30. The minimum Gasteiger partial charge on any atom is -0.497 e. The molecule has 31 heavy (non-hydrogen) atoms. The first-order chi connectivity index (χ1) is 14.9. The number of benzene rings is 2. The Balaban J connectivity index is 1.70. The predicted octanol–water partition coefficient (Wildman–Crippen LogP) is 1.84. The fourth-order valence-electron chi connectivity index (χ4n) is 2.91. The molecule has 0 aliphatic rings. The molecule has 0 amide bonds. The Morgan fingerprint density at radius 2 is 1.84 bits per heavy atom. The summed E-state index contributed by atoms with van der Waals surface area (Å²) in [5, 5.41) is 9.94. The summed E-state index contributed by atoms with van der Waals surface area (Å²) in [7, 11) is 1.48. The van der Waals surface area contributed by atoms with Gasteiger partial charge in [0.2, 0.25) is 0 Å². The van der Waals surface area contributed by atoms with E-state index >= 15 is 0 Å². The zero-order valence-corrected chi connectivity index (χ0v) is 16.6. The molecule has 3 N–H and O–H groups in total. The van der Waals surface area contributed by atoms with Crippen LogP contribution in [0.25, 0.3) is 11.0 Å². The SMILES string of the molecule is COc1ccc2c(COC(=O)[C@@H](N)[C@H](OCc3ccccc3)C(=O)O)cc(=O)oc2c1. The van der Waals surface area contributed by atoms with Gasteiger partial charge in [-0.25, -0.2) is 9.59 Å². The minimum atomic E-state index is -1.60. The lowest BCUT2D eigenvalue weighted by Gasteiger charge is -2.19. The zero-order valence-electron chi connectivity index (χ0n) is 16.6. The van der Waals surface area contributed by atoms with E-state index < -0.39 is 29.7 Å². The van der Waals surface area contributed by atoms with Crippen molar-refractivity contribution in [2.24, 2.45) is 5.73 Å². The molecule has 2 atom stereocenters. The number of hydrogen-bond acceptors (Lipinski definition) is 8. The summed E-state index contributed by atoms with van der Waals surface area (Å²) in [5.74, 6) is -1.87. The average molecular weight is 427 g/mol. The van der Waals surface area contributed by atoms with Gasteiger partial charge < -0.3 is 29.5 Å².